The van der Waals surface area contributed by atoms with Crippen molar-refractivity contribution in [2.24, 2.45) is 5.92 Å². The lowest BCUT2D eigenvalue weighted by molar-refractivity contribution is 0.103. The van der Waals surface area contributed by atoms with E-state index in [0.717, 1.165) is 18.7 Å². The van der Waals surface area contributed by atoms with Crippen LogP contribution in [0.15, 0.2) is 29.2 Å². The zero-order valence-electron chi connectivity index (χ0n) is 12.1. The van der Waals surface area contributed by atoms with Gasteiger partial charge in [0.05, 0.1) is 16.8 Å². The molecule has 112 valence electrons. The van der Waals surface area contributed by atoms with Gasteiger partial charge in [-0.15, -0.1) is 0 Å². The lowest BCUT2D eigenvalue weighted by Crippen LogP contribution is -2.42. The standard InChI is InChI=1S/C15H23NO3S/c1-3-10-20(18,19)14-6-4-13(5-7-14)16-9-8-12(2)15(17)11-16/h4-7,12,15,17H,3,8-11H2,1-2H3. The molecule has 0 aliphatic carbocycles. The molecule has 2 rings (SSSR count). The zero-order chi connectivity index (χ0) is 14.8. The first kappa shape index (κ1) is 15.3. The van der Waals surface area contributed by atoms with Crippen LogP contribution in [-0.4, -0.2) is 38.5 Å². The van der Waals surface area contributed by atoms with Crippen molar-refractivity contribution in [2.45, 2.75) is 37.7 Å². The molecule has 0 amide bonds. The third-order valence-electron chi connectivity index (χ3n) is 3.95. The third kappa shape index (κ3) is 3.33. The number of sulfone groups is 1. The number of benzene rings is 1. The van der Waals surface area contributed by atoms with E-state index in [1.54, 1.807) is 12.1 Å². The number of β-amino-alcohol motifs (C(OH)–C–C–N with tert-alkyl or cyclic N) is 1. The SMILES string of the molecule is CCCS(=O)(=O)c1ccc(N2CCC(C)C(O)C2)cc1. The van der Waals surface area contributed by atoms with Crippen LogP contribution in [0.4, 0.5) is 5.69 Å². The van der Waals surface area contributed by atoms with Gasteiger partial charge in [-0.2, -0.15) is 0 Å². The molecule has 1 N–H and O–H groups in total. The number of nitrogens with zero attached hydrogens (tertiary/aromatic N) is 1. The van der Waals surface area contributed by atoms with E-state index in [-0.39, 0.29) is 11.9 Å². The Morgan fingerprint density at radius 3 is 2.50 bits per heavy atom. The van der Waals surface area contributed by atoms with E-state index < -0.39 is 9.84 Å². The van der Waals surface area contributed by atoms with E-state index in [0.29, 0.717) is 23.8 Å². The first-order chi connectivity index (χ1) is 9.44. The first-order valence-corrected chi connectivity index (χ1v) is 8.85. The average molecular weight is 297 g/mol. The summed E-state index contributed by atoms with van der Waals surface area (Å²) in [6.45, 7) is 5.44. The average Bonchev–Trinajstić information content (AvgIpc) is 2.42. The molecule has 0 aromatic heterocycles. The Labute approximate surface area is 121 Å². The Morgan fingerprint density at radius 1 is 1.30 bits per heavy atom. The fourth-order valence-electron chi connectivity index (χ4n) is 2.53. The van der Waals surface area contributed by atoms with Gasteiger partial charge in [-0.25, -0.2) is 8.42 Å². The second-order valence-electron chi connectivity index (χ2n) is 5.59. The summed E-state index contributed by atoms with van der Waals surface area (Å²) in [6, 6.07) is 7.02. The van der Waals surface area contributed by atoms with Crippen molar-refractivity contribution < 1.29 is 13.5 Å². The number of hydrogen-bond donors (Lipinski definition) is 1. The summed E-state index contributed by atoms with van der Waals surface area (Å²) in [4.78, 5) is 2.50. The molecule has 1 saturated heterocycles. The van der Waals surface area contributed by atoms with E-state index in [1.807, 2.05) is 19.1 Å². The maximum absolute atomic E-state index is 12.0. The molecule has 0 spiro atoms. The van der Waals surface area contributed by atoms with Crippen molar-refractivity contribution in [3.05, 3.63) is 24.3 Å². The van der Waals surface area contributed by atoms with Crippen LogP contribution in [0.25, 0.3) is 0 Å². The summed E-state index contributed by atoms with van der Waals surface area (Å²) >= 11 is 0. The Kier molecular flexibility index (Phi) is 4.70. The van der Waals surface area contributed by atoms with Gasteiger partial charge in [0.25, 0.3) is 0 Å². The lowest BCUT2D eigenvalue weighted by atomic mass is 9.96. The van der Waals surface area contributed by atoms with Crippen LogP contribution in [0.5, 0.6) is 0 Å². The van der Waals surface area contributed by atoms with Gasteiger partial charge in [-0.1, -0.05) is 13.8 Å². The lowest BCUT2D eigenvalue weighted by Gasteiger charge is -2.35. The molecule has 2 atom stereocenters. The van der Waals surface area contributed by atoms with Gasteiger partial charge in [0.15, 0.2) is 9.84 Å². The van der Waals surface area contributed by atoms with E-state index >= 15 is 0 Å². The molecule has 4 nitrogen and oxygen atoms in total. The molecule has 20 heavy (non-hydrogen) atoms. The van der Waals surface area contributed by atoms with Crippen LogP contribution in [0, 0.1) is 5.92 Å². The van der Waals surface area contributed by atoms with Gasteiger partial charge in [-0.3, -0.25) is 0 Å². The summed E-state index contributed by atoms with van der Waals surface area (Å²) in [5, 5.41) is 9.93. The molecule has 0 saturated carbocycles. The second-order valence-corrected chi connectivity index (χ2v) is 7.70. The number of aliphatic hydroxyl groups excluding tert-OH is 1. The maximum Gasteiger partial charge on any atom is 0.178 e. The molecular weight excluding hydrogens is 274 g/mol. The minimum atomic E-state index is -3.15. The molecular formula is C15H23NO3S. The van der Waals surface area contributed by atoms with Crippen molar-refractivity contribution in [3.63, 3.8) is 0 Å². The van der Waals surface area contributed by atoms with Crippen LogP contribution in [0.1, 0.15) is 26.7 Å². The van der Waals surface area contributed by atoms with Crippen molar-refractivity contribution in [3.8, 4) is 0 Å². The van der Waals surface area contributed by atoms with E-state index in [4.69, 9.17) is 0 Å². The highest BCUT2D eigenvalue weighted by molar-refractivity contribution is 7.91. The van der Waals surface area contributed by atoms with Crippen molar-refractivity contribution in [2.75, 3.05) is 23.7 Å². The number of aliphatic hydroxyl groups is 1. The Morgan fingerprint density at radius 2 is 1.95 bits per heavy atom. The molecule has 1 heterocycles. The Hall–Kier alpha value is -1.07. The zero-order valence-corrected chi connectivity index (χ0v) is 12.9. The minimum absolute atomic E-state index is 0.187. The molecule has 1 aromatic rings. The summed E-state index contributed by atoms with van der Waals surface area (Å²) in [7, 11) is -3.15. The summed E-state index contributed by atoms with van der Waals surface area (Å²) in [5.41, 5.74) is 0.978. The number of rotatable bonds is 4. The number of hydrogen-bond acceptors (Lipinski definition) is 4. The number of piperidine rings is 1. The van der Waals surface area contributed by atoms with Gasteiger partial charge in [-0.05, 0) is 43.0 Å². The summed E-state index contributed by atoms with van der Waals surface area (Å²) in [5.74, 6) is 0.516. The van der Waals surface area contributed by atoms with Crippen LogP contribution < -0.4 is 4.90 Å². The quantitative estimate of drug-likeness (QED) is 0.924. The molecule has 0 radical (unpaired) electrons. The van der Waals surface area contributed by atoms with E-state index in [9.17, 15) is 13.5 Å². The number of anilines is 1. The van der Waals surface area contributed by atoms with Crippen molar-refractivity contribution in [1.29, 1.82) is 0 Å². The van der Waals surface area contributed by atoms with Gasteiger partial charge in [0.2, 0.25) is 0 Å². The predicted octanol–water partition coefficient (Wildman–Crippen LogP) is 2.08. The highest BCUT2D eigenvalue weighted by Crippen LogP contribution is 2.24. The Bertz CT molecular complexity index is 539. The summed E-state index contributed by atoms with van der Waals surface area (Å²) < 4.78 is 23.9. The molecule has 1 aromatic carbocycles. The monoisotopic (exact) mass is 297 g/mol. The van der Waals surface area contributed by atoms with Crippen LogP contribution >= 0.6 is 0 Å². The van der Waals surface area contributed by atoms with Crippen molar-refractivity contribution in [1.82, 2.24) is 0 Å². The molecule has 1 fully saturated rings. The predicted molar refractivity (Wildman–Crippen MR) is 80.8 cm³/mol. The Balaban J connectivity index is 2.13. The second kappa shape index (κ2) is 6.14. The molecule has 1 aliphatic rings. The topological polar surface area (TPSA) is 57.6 Å². The molecule has 5 heteroatoms. The molecule has 0 bridgehead atoms. The van der Waals surface area contributed by atoms with Gasteiger partial charge in [0.1, 0.15) is 0 Å². The smallest absolute Gasteiger partial charge is 0.178 e. The fraction of sp³-hybridized carbons (Fsp3) is 0.600. The fourth-order valence-corrected chi connectivity index (χ4v) is 3.86. The largest absolute Gasteiger partial charge is 0.391 e. The van der Waals surface area contributed by atoms with E-state index in [1.165, 1.54) is 0 Å². The highest BCUT2D eigenvalue weighted by Gasteiger charge is 2.24. The molecule has 2 unspecified atom stereocenters. The van der Waals surface area contributed by atoms with Gasteiger partial charge >= 0.3 is 0 Å². The van der Waals surface area contributed by atoms with Crippen LogP contribution in [-0.2, 0) is 9.84 Å². The van der Waals surface area contributed by atoms with Gasteiger partial charge < -0.3 is 10.0 Å². The third-order valence-corrected chi connectivity index (χ3v) is 5.89. The highest BCUT2D eigenvalue weighted by atomic mass is 32.2. The van der Waals surface area contributed by atoms with E-state index in [2.05, 4.69) is 11.8 Å². The van der Waals surface area contributed by atoms with Crippen molar-refractivity contribution >= 4 is 15.5 Å². The maximum atomic E-state index is 12.0. The summed E-state index contributed by atoms with van der Waals surface area (Å²) in [6.07, 6.45) is 1.27. The normalized spacial score (nSPS) is 23.9. The van der Waals surface area contributed by atoms with Crippen LogP contribution in [0.2, 0.25) is 0 Å². The first-order valence-electron chi connectivity index (χ1n) is 7.20. The molecule has 1 aliphatic heterocycles. The van der Waals surface area contributed by atoms with Gasteiger partial charge in [0, 0.05) is 18.8 Å². The minimum Gasteiger partial charge on any atom is -0.391 e. The van der Waals surface area contributed by atoms with Crippen LogP contribution in [0.3, 0.4) is 0 Å².